The second kappa shape index (κ2) is 5.14. The Morgan fingerprint density at radius 3 is 2.59 bits per heavy atom. The van der Waals surface area contributed by atoms with Gasteiger partial charge in [-0.25, -0.2) is 9.18 Å². The minimum Gasteiger partial charge on any atom is -0.459 e. The Morgan fingerprint density at radius 1 is 1.47 bits per heavy atom. The SMILES string of the molecule is CC(C)(C)OC(=O)C(N)c1cc(Br)ccc1F. The number of nitrogens with two attached hydrogens (primary N) is 1. The molecule has 0 heterocycles. The largest absolute Gasteiger partial charge is 0.459 e. The quantitative estimate of drug-likeness (QED) is 0.855. The van der Waals surface area contributed by atoms with Crippen LogP contribution >= 0.6 is 15.9 Å². The normalized spacial score (nSPS) is 13.3. The molecule has 17 heavy (non-hydrogen) atoms. The summed E-state index contributed by atoms with van der Waals surface area (Å²) < 4.78 is 19.3. The van der Waals surface area contributed by atoms with Crippen LogP contribution in [0, 0.1) is 5.82 Å². The number of halogens is 2. The smallest absolute Gasteiger partial charge is 0.328 e. The first-order valence-electron chi connectivity index (χ1n) is 5.14. The van der Waals surface area contributed by atoms with Crippen molar-refractivity contribution in [2.75, 3.05) is 0 Å². The van der Waals surface area contributed by atoms with Crippen LogP contribution in [0.2, 0.25) is 0 Å². The molecule has 1 atom stereocenters. The number of benzene rings is 1. The number of carbonyl (C=O) groups is 1. The second-order valence-electron chi connectivity index (χ2n) is 4.68. The van der Waals surface area contributed by atoms with Crippen LogP contribution in [0.3, 0.4) is 0 Å². The maximum atomic E-state index is 13.5. The molecule has 0 radical (unpaired) electrons. The van der Waals surface area contributed by atoms with Crippen LogP contribution in [-0.4, -0.2) is 11.6 Å². The second-order valence-corrected chi connectivity index (χ2v) is 5.59. The number of esters is 1. The van der Waals surface area contributed by atoms with Crippen molar-refractivity contribution in [3.8, 4) is 0 Å². The van der Waals surface area contributed by atoms with Crippen LogP contribution < -0.4 is 5.73 Å². The van der Waals surface area contributed by atoms with Crippen molar-refractivity contribution in [2.24, 2.45) is 5.73 Å². The van der Waals surface area contributed by atoms with Gasteiger partial charge in [-0.15, -0.1) is 0 Å². The molecular weight excluding hydrogens is 289 g/mol. The zero-order valence-electron chi connectivity index (χ0n) is 9.96. The third-order valence-electron chi connectivity index (χ3n) is 1.95. The summed E-state index contributed by atoms with van der Waals surface area (Å²) >= 11 is 3.20. The Kier molecular flexibility index (Phi) is 4.27. The monoisotopic (exact) mass is 303 g/mol. The van der Waals surface area contributed by atoms with Crippen LogP contribution in [0.5, 0.6) is 0 Å². The summed E-state index contributed by atoms with van der Waals surface area (Å²) in [6.07, 6.45) is 0. The summed E-state index contributed by atoms with van der Waals surface area (Å²) in [5.74, 6) is -1.17. The topological polar surface area (TPSA) is 52.3 Å². The van der Waals surface area contributed by atoms with E-state index in [9.17, 15) is 9.18 Å². The standard InChI is InChI=1S/C12H15BrFNO2/c1-12(2,3)17-11(16)10(15)8-6-7(13)4-5-9(8)14/h4-6,10H,15H2,1-3H3. The van der Waals surface area contributed by atoms with E-state index in [4.69, 9.17) is 10.5 Å². The summed E-state index contributed by atoms with van der Waals surface area (Å²) in [5, 5.41) is 0. The Hall–Kier alpha value is -0.940. The molecule has 2 N–H and O–H groups in total. The van der Waals surface area contributed by atoms with Gasteiger partial charge in [-0.2, -0.15) is 0 Å². The first-order chi connectivity index (χ1) is 7.70. The fraction of sp³-hybridized carbons (Fsp3) is 0.417. The molecule has 0 amide bonds. The highest BCUT2D eigenvalue weighted by Crippen LogP contribution is 2.22. The Balaban J connectivity index is 2.92. The Morgan fingerprint density at radius 2 is 2.06 bits per heavy atom. The molecule has 1 unspecified atom stereocenters. The zero-order chi connectivity index (χ0) is 13.2. The molecule has 1 rings (SSSR count). The lowest BCUT2D eigenvalue weighted by Gasteiger charge is -2.22. The van der Waals surface area contributed by atoms with Gasteiger partial charge in [0.1, 0.15) is 17.5 Å². The van der Waals surface area contributed by atoms with E-state index in [1.54, 1.807) is 26.8 Å². The molecule has 0 aliphatic heterocycles. The van der Waals surface area contributed by atoms with E-state index in [-0.39, 0.29) is 5.56 Å². The highest BCUT2D eigenvalue weighted by molar-refractivity contribution is 9.10. The molecule has 0 saturated heterocycles. The lowest BCUT2D eigenvalue weighted by molar-refractivity contribution is -0.156. The Labute approximate surface area is 108 Å². The van der Waals surface area contributed by atoms with Crippen LogP contribution in [0.25, 0.3) is 0 Å². The summed E-state index contributed by atoms with van der Waals surface area (Å²) in [6.45, 7) is 5.19. The van der Waals surface area contributed by atoms with Gasteiger partial charge >= 0.3 is 5.97 Å². The summed E-state index contributed by atoms with van der Waals surface area (Å²) in [6, 6.07) is 3.15. The van der Waals surface area contributed by atoms with Gasteiger partial charge in [0, 0.05) is 10.0 Å². The van der Waals surface area contributed by atoms with Gasteiger partial charge in [0.2, 0.25) is 0 Å². The van der Waals surface area contributed by atoms with Crippen molar-refractivity contribution in [3.63, 3.8) is 0 Å². The van der Waals surface area contributed by atoms with Crippen LogP contribution in [-0.2, 0) is 9.53 Å². The number of rotatable bonds is 2. The predicted octanol–water partition coefficient (Wildman–Crippen LogP) is 2.93. The van der Waals surface area contributed by atoms with Gasteiger partial charge in [0.05, 0.1) is 0 Å². The van der Waals surface area contributed by atoms with E-state index in [0.717, 1.165) is 0 Å². The molecule has 0 aliphatic rings. The van der Waals surface area contributed by atoms with Gasteiger partial charge in [0.25, 0.3) is 0 Å². The van der Waals surface area contributed by atoms with Crippen molar-refractivity contribution >= 4 is 21.9 Å². The van der Waals surface area contributed by atoms with Crippen molar-refractivity contribution in [1.82, 2.24) is 0 Å². The molecule has 5 heteroatoms. The van der Waals surface area contributed by atoms with Crippen LogP contribution in [0.1, 0.15) is 32.4 Å². The minimum atomic E-state index is -1.12. The van der Waals surface area contributed by atoms with Crippen LogP contribution in [0.4, 0.5) is 4.39 Å². The van der Waals surface area contributed by atoms with E-state index in [2.05, 4.69) is 15.9 Å². The van der Waals surface area contributed by atoms with E-state index in [1.165, 1.54) is 12.1 Å². The molecule has 0 aromatic heterocycles. The number of hydrogen-bond donors (Lipinski definition) is 1. The predicted molar refractivity (Wildman–Crippen MR) is 66.9 cm³/mol. The van der Waals surface area contributed by atoms with Crippen molar-refractivity contribution < 1.29 is 13.9 Å². The van der Waals surface area contributed by atoms with Gasteiger partial charge in [0.15, 0.2) is 0 Å². The highest BCUT2D eigenvalue weighted by atomic mass is 79.9. The van der Waals surface area contributed by atoms with Crippen molar-refractivity contribution in [2.45, 2.75) is 32.4 Å². The van der Waals surface area contributed by atoms with Gasteiger partial charge in [-0.3, -0.25) is 0 Å². The van der Waals surface area contributed by atoms with Gasteiger partial charge in [-0.1, -0.05) is 15.9 Å². The lowest BCUT2D eigenvalue weighted by Crippen LogP contribution is -2.32. The fourth-order valence-electron chi connectivity index (χ4n) is 1.25. The average Bonchev–Trinajstić information content (AvgIpc) is 2.18. The van der Waals surface area contributed by atoms with E-state index in [1.807, 2.05) is 0 Å². The molecule has 1 aromatic rings. The average molecular weight is 304 g/mol. The zero-order valence-corrected chi connectivity index (χ0v) is 11.5. The molecule has 3 nitrogen and oxygen atoms in total. The molecular formula is C12H15BrFNO2. The van der Waals surface area contributed by atoms with Crippen molar-refractivity contribution in [1.29, 1.82) is 0 Å². The molecule has 0 fully saturated rings. The molecule has 0 saturated carbocycles. The van der Waals surface area contributed by atoms with Crippen LogP contribution in [0.15, 0.2) is 22.7 Å². The highest BCUT2D eigenvalue weighted by Gasteiger charge is 2.25. The molecule has 0 aliphatic carbocycles. The summed E-state index contributed by atoms with van der Waals surface area (Å²) in [4.78, 5) is 11.7. The third-order valence-corrected chi connectivity index (χ3v) is 2.45. The van der Waals surface area contributed by atoms with E-state index in [0.29, 0.717) is 4.47 Å². The molecule has 94 valence electrons. The number of hydrogen-bond acceptors (Lipinski definition) is 3. The lowest BCUT2D eigenvalue weighted by atomic mass is 10.1. The maximum Gasteiger partial charge on any atom is 0.328 e. The molecule has 1 aromatic carbocycles. The van der Waals surface area contributed by atoms with E-state index < -0.39 is 23.4 Å². The third kappa shape index (κ3) is 4.09. The Bertz CT molecular complexity index is 429. The minimum absolute atomic E-state index is 0.119. The van der Waals surface area contributed by atoms with Gasteiger partial charge < -0.3 is 10.5 Å². The molecule has 0 bridgehead atoms. The fourth-order valence-corrected chi connectivity index (χ4v) is 1.62. The molecule has 0 spiro atoms. The summed E-state index contributed by atoms with van der Waals surface area (Å²) in [7, 11) is 0. The first kappa shape index (κ1) is 14.1. The number of carbonyl (C=O) groups excluding carboxylic acids is 1. The summed E-state index contributed by atoms with van der Waals surface area (Å²) in [5.41, 5.74) is 5.16. The van der Waals surface area contributed by atoms with Crippen molar-refractivity contribution in [3.05, 3.63) is 34.1 Å². The number of ether oxygens (including phenoxy) is 1. The maximum absolute atomic E-state index is 13.5. The first-order valence-corrected chi connectivity index (χ1v) is 5.93. The van der Waals surface area contributed by atoms with Gasteiger partial charge in [-0.05, 0) is 39.0 Å². The van der Waals surface area contributed by atoms with E-state index >= 15 is 0 Å².